The Hall–Kier alpha value is -3.22. The Morgan fingerprint density at radius 2 is 1.48 bits per heavy atom. The van der Waals surface area contributed by atoms with Crippen LogP contribution in [0.5, 0.6) is 17.2 Å². The van der Waals surface area contributed by atoms with Crippen molar-refractivity contribution >= 4 is 17.6 Å². The predicted molar refractivity (Wildman–Crippen MR) is 100 cm³/mol. The molecule has 27 heavy (non-hydrogen) atoms. The summed E-state index contributed by atoms with van der Waals surface area (Å²) < 4.78 is 20.8. The number of ether oxygens (including phenoxy) is 4. The van der Waals surface area contributed by atoms with Crippen molar-refractivity contribution in [2.45, 2.75) is 20.0 Å². The summed E-state index contributed by atoms with van der Waals surface area (Å²) in [6.07, 6.45) is -0.955. The van der Waals surface area contributed by atoms with Gasteiger partial charge in [0, 0.05) is 5.69 Å². The van der Waals surface area contributed by atoms with Crippen molar-refractivity contribution in [3.05, 3.63) is 48.5 Å². The van der Waals surface area contributed by atoms with Crippen molar-refractivity contribution in [2.75, 3.05) is 25.6 Å². The second-order valence-corrected chi connectivity index (χ2v) is 5.54. The van der Waals surface area contributed by atoms with Crippen LogP contribution in [0.3, 0.4) is 0 Å². The van der Waals surface area contributed by atoms with Gasteiger partial charge < -0.3 is 24.3 Å². The molecule has 0 aliphatic rings. The molecular weight excluding hydrogens is 350 g/mol. The maximum atomic E-state index is 12.1. The van der Waals surface area contributed by atoms with Crippen molar-refractivity contribution in [2.24, 2.45) is 0 Å². The second kappa shape index (κ2) is 10.1. The molecule has 1 N–H and O–H groups in total. The van der Waals surface area contributed by atoms with Gasteiger partial charge in [0.2, 0.25) is 0 Å². The Bertz CT molecular complexity index is 742. The van der Waals surface area contributed by atoms with Gasteiger partial charge in [-0.3, -0.25) is 4.79 Å². The number of amides is 1. The maximum Gasteiger partial charge on any atom is 0.344 e. The summed E-state index contributed by atoms with van der Waals surface area (Å²) in [5.74, 6) is 0.830. The number of hydrogen-bond donors (Lipinski definition) is 1. The number of carbonyl (C=O) groups excluding carboxylic acids is 2. The normalized spacial score (nSPS) is 11.2. The molecule has 0 heterocycles. The highest BCUT2D eigenvalue weighted by atomic mass is 16.6. The number of esters is 1. The molecule has 144 valence electrons. The van der Waals surface area contributed by atoms with Crippen molar-refractivity contribution in [3.63, 3.8) is 0 Å². The van der Waals surface area contributed by atoms with Gasteiger partial charge in [-0.15, -0.1) is 0 Å². The summed E-state index contributed by atoms with van der Waals surface area (Å²) in [6, 6.07) is 13.7. The quantitative estimate of drug-likeness (QED) is 0.680. The van der Waals surface area contributed by atoms with Crippen LogP contribution in [0.15, 0.2) is 48.5 Å². The molecule has 1 amide bonds. The highest BCUT2D eigenvalue weighted by molar-refractivity contribution is 5.95. The van der Waals surface area contributed by atoms with Crippen molar-refractivity contribution < 1.29 is 28.5 Å². The van der Waals surface area contributed by atoms with Crippen LogP contribution in [-0.2, 0) is 14.3 Å². The minimum atomic E-state index is -0.955. The number of rotatable bonds is 9. The summed E-state index contributed by atoms with van der Waals surface area (Å²) >= 11 is 0. The van der Waals surface area contributed by atoms with Gasteiger partial charge in [0.05, 0.1) is 13.7 Å². The van der Waals surface area contributed by atoms with E-state index in [1.807, 2.05) is 6.92 Å². The molecule has 7 nitrogen and oxygen atoms in total. The number of carbonyl (C=O) groups is 2. The molecule has 0 saturated carbocycles. The van der Waals surface area contributed by atoms with Crippen LogP contribution in [0.1, 0.15) is 13.8 Å². The number of hydrogen-bond acceptors (Lipinski definition) is 6. The summed E-state index contributed by atoms with van der Waals surface area (Å²) in [6.45, 7) is 3.66. The third-order valence-electron chi connectivity index (χ3n) is 3.53. The fourth-order valence-electron chi connectivity index (χ4n) is 2.14. The van der Waals surface area contributed by atoms with Gasteiger partial charge in [-0.05, 0) is 62.4 Å². The number of anilines is 1. The monoisotopic (exact) mass is 373 g/mol. The smallest absolute Gasteiger partial charge is 0.344 e. The lowest BCUT2D eigenvalue weighted by molar-refractivity contribution is -0.155. The topological polar surface area (TPSA) is 83.1 Å². The lowest BCUT2D eigenvalue weighted by atomic mass is 10.3. The lowest BCUT2D eigenvalue weighted by Crippen LogP contribution is -2.31. The van der Waals surface area contributed by atoms with Crippen molar-refractivity contribution in [1.29, 1.82) is 0 Å². The number of benzene rings is 2. The first kappa shape index (κ1) is 20.1. The molecule has 1 atom stereocenters. The van der Waals surface area contributed by atoms with Crippen LogP contribution >= 0.6 is 0 Å². The molecule has 0 fully saturated rings. The van der Waals surface area contributed by atoms with Gasteiger partial charge in [-0.25, -0.2) is 4.79 Å². The molecule has 2 aromatic carbocycles. The maximum absolute atomic E-state index is 12.1. The number of nitrogens with one attached hydrogen (secondary N) is 1. The Balaban J connectivity index is 1.77. The van der Waals surface area contributed by atoms with E-state index in [1.165, 1.54) is 6.92 Å². The third kappa shape index (κ3) is 6.54. The molecule has 0 saturated heterocycles. The molecule has 0 radical (unpaired) electrons. The van der Waals surface area contributed by atoms with Gasteiger partial charge >= 0.3 is 5.97 Å². The van der Waals surface area contributed by atoms with Gasteiger partial charge in [0.1, 0.15) is 17.2 Å². The largest absolute Gasteiger partial charge is 0.497 e. The van der Waals surface area contributed by atoms with Crippen LogP contribution in [0.4, 0.5) is 5.69 Å². The minimum Gasteiger partial charge on any atom is -0.497 e. The second-order valence-electron chi connectivity index (χ2n) is 5.54. The molecule has 0 aliphatic carbocycles. The first-order valence-corrected chi connectivity index (χ1v) is 8.52. The van der Waals surface area contributed by atoms with Crippen molar-refractivity contribution in [1.82, 2.24) is 0 Å². The fraction of sp³-hybridized carbons (Fsp3) is 0.300. The zero-order valence-corrected chi connectivity index (χ0v) is 15.6. The Morgan fingerprint density at radius 3 is 2.04 bits per heavy atom. The third-order valence-corrected chi connectivity index (χ3v) is 3.53. The van der Waals surface area contributed by atoms with Crippen LogP contribution in [0, 0.1) is 0 Å². The molecule has 1 unspecified atom stereocenters. The summed E-state index contributed by atoms with van der Waals surface area (Å²) in [4.78, 5) is 24.0. The predicted octanol–water partition coefficient (Wildman–Crippen LogP) is 3.04. The summed E-state index contributed by atoms with van der Waals surface area (Å²) in [5.41, 5.74) is 0.578. The van der Waals surface area contributed by atoms with Crippen LogP contribution < -0.4 is 19.5 Å². The van der Waals surface area contributed by atoms with Crippen molar-refractivity contribution in [3.8, 4) is 17.2 Å². The van der Waals surface area contributed by atoms with Gasteiger partial charge in [-0.1, -0.05) is 0 Å². The van der Waals surface area contributed by atoms with E-state index in [1.54, 1.807) is 55.6 Å². The fourth-order valence-corrected chi connectivity index (χ4v) is 2.14. The van der Waals surface area contributed by atoms with E-state index in [0.717, 1.165) is 5.75 Å². The van der Waals surface area contributed by atoms with Gasteiger partial charge in [0.15, 0.2) is 12.7 Å². The van der Waals surface area contributed by atoms with Gasteiger partial charge in [0.25, 0.3) is 5.91 Å². The highest BCUT2D eigenvalue weighted by Gasteiger charge is 2.18. The van der Waals surface area contributed by atoms with E-state index < -0.39 is 18.0 Å². The zero-order chi connectivity index (χ0) is 19.6. The molecule has 7 heteroatoms. The van der Waals surface area contributed by atoms with Crippen LogP contribution in [0.2, 0.25) is 0 Å². The van der Waals surface area contributed by atoms with E-state index in [9.17, 15) is 9.59 Å². The molecule has 0 spiro atoms. The van der Waals surface area contributed by atoms with E-state index in [0.29, 0.717) is 23.8 Å². The SMILES string of the molecule is CCOc1ccc(OCC(=O)OC(C)C(=O)Nc2ccc(OC)cc2)cc1. The first-order valence-electron chi connectivity index (χ1n) is 8.52. The van der Waals surface area contributed by atoms with Crippen LogP contribution in [-0.4, -0.2) is 38.3 Å². The number of methoxy groups -OCH3 is 1. The Morgan fingerprint density at radius 1 is 0.926 bits per heavy atom. The van der Waals surface area contributed by atoms with E-state index in [2.05, 4.69) is 5.32 Å². The molecule has 0 aliphatic heterocycles. The van der Waals surface area contributed by atoms with Crippen LogP contribution in [0.25, 0.3) is 0 Å². The molecule has 0 bridgehead atoms. The Kier molecular flexibility index (Phi) is 7.49. The van der Waals surface area contributed by atoms with E-state index in [4.69, 9.17) is 18.9 Å². The average Bonchev–Trinajstić information content (AvgIpc) is 2.68. The van der Waals surface area contributed by atoms with E-state index >= 15 is 0 Å². The highest BCUT2D eigenvalue weighted by Crippen LogP contribution is 2.18. The minimum absolute atomic E-state index is 0.297. The van der Waals surface area contributed by atoms with E-state index in [-0.39, 0.29) is 6.61 Å². The Labute approximate surface area is 158 Å². The molecule has 0 aromatic heterocycles. The standard InChI is InChI=1S/C20H23NO6/c1-4-25-17-9-11-18(12-10-17)26-13-19(22)27-14(2)20(23)21-15-5-7-16(24-3)8-6-15/h5-12,14H,4,13H2,1-3H3,(H,21,23). The average molecular weight is 373 g/mol. The molecular formula is C20H23NO6. The molecule has 2 aromatic rings. The van der Waals surface area contributed by atoms with Gasteiger partial charge in [-0.2, -0.15) is 0 Å². The molecule has 2 rings (SSSR count). The summed E-state index contributed by atoms with van der Waals surface area (Å²) in [7, 11) is 1.56. The summed E-state index contributed by atoms with van der Waals surface area (Å²) in [5, 5.41) is 2.66. The first-order chi connectivity index (χ1) is 13.0. The lowest BCUT2D eigenvalue weighted by Gasteiger charge is -2.14. The zero-order valence-electron chi connectivity index (χ0n) is 15.6.